The number of pyridine rings is 1. The summed E-state index contributed by atoms with van der Waals surface area (Å²) in [6.45, 7) is 4.18. The number of rotatable bonds is 8. The third kappa shape index (κ3) is 5.37. The minimum atomic E-state index is 0.310. The van der Waals surface area contributed by atoms with E-state index in [2.05, 4.69) is 66.5 Å². The fourth-order valence-electron chi connectivity index (χ4n) is 3.58. The molecule has 0 aliphatic rings. The van der Waals surface area contributed by atoms with E-state index in [4.69, 9.17) is 0 Å². The molecule has 138 valence electrons. The van der Waals surface area contributed by atoms with E-state index >= 15 is 0 Å². The van der Waals surface area contributed by atoms with Crippen LogP contribution in [0.15, 0.2) is 72.9 Å². The number of Topliss-reactive ketones (excluding diaryl/α,β-unsaturated/α-hetero) is 1. The molecule has 3 rings (SSSR count). The predicted molar refractivity (Wildman–Crippen MR) is 112 cm³/mol. The van der Waals surface area contributed by atoms with Gasteiger partial charge in [-0.15, -0.1) is 0 Å². The number of hydrogen-bond donors (Lipinski definition) is 0. The van der Waals surface area contributed by atoms with Crippen LogP contribution >= 0.6 is 0 Å². The van der Waals surface area contributed by atoms with Gasteiger partial charge >= 0.3 is 0 Å². The van der Waals surface area contributed by atoms with E-state index in [1.807, 2.05) is 25.3 Å². The van der Waals surface area contributed by atoms with Gasteiger partial charge in [0.1, 0.15) is 5.78 Å². The summed E-state index contributed by atoms with van der Waals surface area (Å²) in [6, 6.07) is 22.8. The Bertz CT molecular complexity index is 868. The largest absolute Gasteiger partial charge is 0.299 e. The summed E-state index contributed by atoms with van der Waals surface area (Å²) in [6.07, 6.45) is 5.09. The van der Waals surface area contributed by atoms with Crippen molar-refractivity contribution in [2.24, 2.45) is 0 Å². The first kappa shape index (κ1) is 19.0. The van der Waals surface area contributed by atoms with Gasteiger partial charge in [-0.3, -0.25) is 9.78 Å². The standard InChI is InChI=1S/C25H27NO/c1-3-7-23(21-8-5-4-6-9-21)18-25(27)17-20-10-12-22(13-11-20)24-14-15-26-19(2)16-24/h4-6,8-16,23H,3,7,17-18H2,1-2H3. The average molecular weight is 357 g/mol. The zero-order chi connectivity index (χ0) is 19.1. The molecular weight excluding hydrogens is 330 g/mol. The lowest BCUT2D eigenvalue weighted by Crippen LogP contribution is -2.10. The van der Waals surface area contributed by atoms with Crippen LogP contribution in [0.3, 0.4) is 0 Å². The average Bonchev–Trinajstić information content (AvgIpc) is 2.69. The van der Waals surface area contributed by atoms with Crippen LogP contribution in [0.2, 0.25) is 0 Å². The van der Waals surface area contributed by atoms with Crippen molar-refractivity contribution in [3.63, 3.8) is 0 Å². The molecule has 1 atom stereocenters. The number of ketones is 1. The van der Waals surface area contributed by atoms with E-state index in [9.17, 15) is 4.79 Å². The molecule has 2 heteroatoms. The molecule has 1 aromatic heterocycles. The second kappa shape index (κ2) is 9.27. The summed E-state index contributed by atoms with van der Waals surface area (Å²) in [5, 5.41) is 0. The van der Waals surface area contributed by atoms with Gasteiger partial charge in [0.05, 0.1) is 0 Å². The molecule has 0 bridgehead atoms. The first-order valence-corrected chi connectivity index (χ1v) is 9.74. The van der Waals surface area contributed by atoms with Crippen molar-refractivity contribution in [3.05, 3.63) is 89.7 Å². The number of nitrogens with zero attached hydrogens (tertiary/aromatic N) is 1. The highest BCUT2D eigenvalue weighted by molar-refractivity contribution is 5.82. The smallest absolute Gasteiger partial charge is 0.137 e. The fourth-order valence-corrected chi connectivity index (χ4v) is 3.58. The van der Waals surface area contributed by atoms with Crippen LogP contribution in [0.1, 0.15) is 48.9 Å². The van der Waals surface area contributed by atoms with Gasteiger partial charge in [0.25, 0.3) is 0 Å². The van der Waals surface area contributed by atoms with E-state index in [0.717, 1.165) is 35.2 Å². The van der Waals surface area contributed by atoms with Gasteiger partial charge in [-0.2, -0.15) is 0 Å². The lowest BCUT2D eigenvalue weighted by Gasteiger charge is -2.16. The number of carbonyl (C=O) groups is 1. The highest BCUT2D eigenvalue weighted by Gasteiger charge is 2.15. The molecule has 1 unspecified atom stereocenters. The van der Waals surface area contributed by atoms with Crippen molar-refractivity contribution in [2.75, 3.05) is 0 Å². The third-order valence-corrected chi connectivity index (χ3v) is 4.97. The number of aromatic nitrogens is 1. The number of hydrogen-bond acceptors (Lipinski definition) is 2. The second-order valence-corrected chi connectivity index (χ2v) is 7.20. The Morgan fingerprint density at radius 3 is 2.37 bits per heavy atom. The third-order valence-electron chi connectivity index (χ3n) is 4.97. The van der Waals surface area contributed by atoms with Crippen LogP contribution in [0.25, 0.3) is 11.1 Å². The Hall–Kier alpha value is -2.74. The first-order chi connectivity index (χ1) is 13.2. The molecule has 0 aliphatic heterocycles. The van der Waals surface area contributed by atoms with Gasteiger partial charge in [-0.25, -0.2) is 0 Å². The van der Waals surface area contributed by atoms with Crippen molar-refractivity contribution in [1.82, 2.24) is 4.98 Å². The summed E-state index contributed by atoms with van der Waals surface area (Å²) >= 11 is 0. The van der Waals surface area contributed by atoms with Crippen LogP contribution in [-0.4, -0.2) is 10.8 Å². The maximum atomic E-state index is 12.7. The van der Waals surface area contributed by atoms with Gasteiger partial charge in [0.15, 0.2) is 0 Å². The Labute approximate surface area is 162 Å². The molecule has 0 aliphatic carbocycles. The molecule has 2 aromatic carbocycles. The van der Waals surface area contributed by atoms with Crippen molar-refractivity contribution in [2.45, 2.75) is 45.4 Å². The Morgan fingerprint density at radius 1 is 0.963 bits per heavy atom. The normalized spacial score (nSPS) is 11.9. The predicted octanol–water partition coefficient (Wildman–Crippen LogP) is 6.14. The van der Waals surface area contributed by atoms with E-state index in [1.165, 1.54) is 5.56 Å². The lowest BCUT2D eigenvalue weighted by atomic mass is 9.88. The van der Waals surface area contributed by atoms with E-state index in [0.29, 0.717) is 24.5 Å². The van der Waals surface area contributed by atoms with Crippen LogP contribution in [0.5, 0.6) is 0 Å². The summed E-state index contributed by atoms with van der Waals surface area (Å²) in [5.74, 6) is 0.632. The Morgan fingerprint density at radius 2 is 1.70 bits per heavy atom. The van der Waals surface area contributed by atoms with E-state index in [-0.39, 0.29) is 0 Å². The van der Waals surface area contributed by atoms with Crippen LogP contribution in [0.4, 0.5) is 0 Å². The summed E-state index contributed by atoms with van der Waals surface area (Å²) < 4.78 is 0. The zero-order valence-electron chi connectivity index (χ0n) is 16.2. The van der Waals surface area contributed by atoms with Crippen molar-refractivity contribution >= 4 is 5.78 Å². The van der Waals surface area contributed by atoms with Gasteiger partial charge in [-0.05, 0) is 53.6 Å². The van der Waals surface area contributed by atoms with Gasteiger partial charge in [0.2, 0.25) is 0 Å². The van der Waals surface area contributed by atoms with Crippen LogP contribution in [0, 0.1) is 6.92 Å². The maximum Gasteiger partial charge on any atom is 0.137 e. The highest BCUT2D eigenvalue weighted by atomic mass is 16.1. The summed E-state index contributed by atoms with van der Waals surface area (Å²) in [5.41, 5.74) is 5.68. The monoisotopic (exact) mass is 357 g/mol. The molecule has 0 radical (unpaired) electrons. The molecule has 2 nitrogen and oxygen atoms in total. The SMILES string of the molecule is CCCC(CC(=O)Cc1ccc(-c2ccnc(C)c2)cc1)c1ccccc1. The summed E-state index contributed by atoms with van der Waals surface area (Å²) in [4.78, 5) is 16.9. The molecule has 0 saturated heterocycles. The highest BCUT2D eigenvalue weighted by Crippen LogP contribution is 2.26. The summed E-state index contributed by atoms with van der Waals surface area (Å²) in [7, 11) is 0. The fraction of sp³-hybridized carbons (Fsp3) is 0.280. The number of benzene rings is 2. The van der Waals surface area contributed by atoms with Crippen molar-refractivity contribution in [3.8, 4) is 11.1 Å². The van der Waals surface area contributed by atoms with Crippen molar-refractivity contribution in [1.29, 1.82) is 0 Å². The second-order valence-electron chi connectivity index (χ2n) is 7.20. The number of aryl methyl sites for hydroxylation is 1. The molecule has 0 spiro atoms. The van der Waals surface area contributed by atoms with Crippen LogP contribution < -0.4 is 0 Å². The molecule has 0 saturated carbocycles. The topological polar surface area (TPSA) is 30.0 Å². The molecule has 3 aromatic rings. The zero-order valence-corrected chi connectivity index (χ0v) is 16.2. The minimum absolute atomic E-state index is 0.310. The molecule has 0 N–H and O–H groups in total. The van der Waals surface area contributed by atoms with E-state index < -0.39 is 0 Å². The lowest BCUT2D eigenvalue weighted by molar-refractivity contribution is -0.118. The molecule has 0 fully saturated rings. The molecule has 27 heavy (non-hydrogen) atoms. The van der Waals surface area contributed by atoms with Gasteiger partial charge < -0.3 is 0 Å². The van der Waals surface area contributed by atoms with Crippen molar-refractivity contribution < 1.29 is 4.79 Å². The minimum Gasteiger partial charge on any atom is -0.299 e. The van der Waals surface area contributed by atoms with Crippen LogP contribution in [-0.2, 0) is 11.2 Å². The number of carbonyl (C=O) groups excluding carboxylic acids is 1. The first-order valence-electron chi connectivity index (χ1n) is 9.74. The molecule has 1 heterocycles. The molecular formula is C25H27NO. The van der Waals surface area contributed by atoms with E-state index in [1.54, 1.807) is 0 Å². The Kier molecular flexibility index (Phi) is 6.54. The van der Waals surface area contributed by atoms with Gasteiger partial charge in [0, 0.05) is 24.7 Å². The Balaban J connectivity index is 1.65. The van der Waals surface area contributed by atoms with Gasteiger partial charge in [-0.1, -0.05) is 67.9 Å². The maximum absolute atomic E-state index is 12.7. The molecule has 0 amide bonds. The quantitative estimate of drug-likeness (QED) is 0.484.